The molecule has 0 unspecified atom stereocenters. The largest absolute Gasteiger partial charge is 0.352 e. The number of hydrogen-bond donors (Lipinski definition) is 2. The van der Waals surface area contributed by atoms with Crippen molar-refractivity contribution >= 4 is 5.91 Å². The lowest BCUT2D eigenvalue weighted by molar-refractivity contribution is -0.125. The standard InChI is InChI=1S/C17H26N2O/c1-17(2,3)15(11-13-7-5-4-6-8-13)19-16(20)14-9-10-18-12-14/h4-8,14-15,18H,9-12H2,1-3H3,(H,19,20)/t14-,15+/m1/s1. The summed E-state index contributed by atoms with van der Waals surface area (Å²) in [5.74, 6) is 0.335. The van der Waals surface area contributed by atoms with Crippen molar-refractivity contribution in [2.45, 2.75) is 39.7 Å². The van der Waals surface area contributed by atoms with E-state index < -0.39 is 0 Å². The molecule has 0 aliphatic carbocycles. The van der Waals surface area contributed by atoms with E-state index in [-0.39, 0.29) is 23.3 Å². The van der Waals surface area contributed by atoms with E-state index in [1.54, 1.807) is 0 Å². The summed E-state index contributed by atoms with van der Waals surface area (Å²) in [4.78, 5) is 12.3. The van der Waals surface area contributed by atoms with Crippen LogP contribution < -0.4 is 10.6 Å². The molecule has 2 N–H and O–H groups in total. The van der Waals surface area contributed by atoms with Crippen molar-refractivity contribution < 1.29 is 4.79 Å². The van der Waals surface area contributed by atoms with Gasteiger partial charge in [-0.05, 0) is 30.4 Å². The molecule has 0 spiro atoms. The van der Waals surface area contributed by atoms with Crippen molar-refractivity contribution in [2.75, 3.05) is 13.1 Å². The van der Waals surface area contributed by atoms with Crippen LogP contribution in [-0.4, -0.2) is 25.0 Å². The van der Waals surface area contributed by atoms with Crippen molar-refractivity contribution in [3.8, 4) is 0 Å². The Morgan fingerprint density at radius 2 is 2.05 bits per heavy atom. The zero-order chi connectivity index (χ0) is 14.6. The Labute approximate surface area is 122 Å². The first kappa shape index (κ1) is 15.0. The molecule has 0 bridgehead atoms. The second-order valence-corrected chi connectivity index (χ2v) is 6.81. The second kappa shape index (κ2) is 6.40. The van der Waals surface area contributed by atoms with E-state index in [1.165, 1.54) is 5.56 Å². The van der Waals surface area contributed by atoms with E-state index in [4.69, 9.17) is 0 Å². The summed E-state index contributed by atoms with van der Waals surface area (Å²) in [5, 5.41) is 6.52. The molecule has 2 rings (SSSR count). The maximum Gasteiger partial charge on any atom is 0.224 e. The van der Waals surface area contributed by atoms with Crippen LogP contribution in [0, 0.1) is 11.3 Å². The lowest BCUT2D eigenvalue weighted by Gasteiger charge is -2.32. The van der Waals surface area contributed by atoms with Gasteiger partial charge in [0.2, 0.25) is 5.91 Å². The Morgan fingerprint density at radius 3 is 2.60 bits per heavy atom. The van der Waals surface area contributed by atoms with Gasteiger partial charge in [-0.3, -0.25) is 4.79 Å². The SMILES string of the molecule is CC(C)(C)[C@H](Cc1ccccc1)NC(=O)[C@@H]1CCNC1. The number of carbonyl (C=O) groups is 1. The van der Waals surface area contributed by atoms with Gasteiger partial charge in [0, 0.05) is 12.6 Å². The summed E-state index contributed by atoms with van der Waals surface area (Å²) in [6.45, 7) is 8.33. The minimum absolute atomic E-state index is 0.0531. The van der Waals surface area contributed by atoms with E-state index in [9.17, 15) is 4.79 Å². The molecule has 0 aromatic heterocycles. The predicted octanol–water partition coefficient (Wildman–Crippen LogP) is 2.37. The molecule has 1 aliphatic rings. The van der Waals surface area contributed by atoms with Gasteiger partial charge in [0.25, 0.3) is 0 Å². The first-order chi connectivity index (χ1) is 9.47. The van der Waals surface area contributed by atoms with Crippen LogP contribution in [0.15, 0.2) is 30.3 Å². The van der Waals surface area contributed by atoms with Crippen molar-refractivity contribution in [3.63, 3.8) is 0 Å². The van der Waals surface area contributed by atoms with Crippen LogP contribution in [0.25, 0.3) is 0 Å². The molecule has 3 nitrogen and oxygen atoms in total. The minimum atomic E-state index is 0.0531. The van der Waals surface area contributed by atoms with Crippen molar-refractivity contribution in [3.05, 3.63) is 35.9 Å². The summed E-state index contributed by atoms with van der Waals surface area (Å²) in [6.07, 6.45) is 1.84. The minimum Gasteiger partial charge on any atom is -0.352 e. The highest BCUT2D eigenvalue weighted by Gasteiger charge is 2.30. The average Bonchev–Trinajstić information content (AvgIpc) is 2.92. The van der Waals surface area contributed by atoms with Gasteiger partial charge in [0.05, 0.1) is 5.92 Å². The summed E-state index contributed by atoms with van der Waals surface area (Å²) < 4.78 is 0. The zero-order valence-electron chi connectivity index (χ0n) is 12.8. The molecular weight excluding hydrogens is 248 g/mol. The summed E-state index contributed by atoms with van der Waals surface area (Å²) in [6, 6.07) is 10.6. The molecule has 2 atom stereocenters. The number of amides is 1. The third-order valence-corrected chi connectivity index (χ3v) is 4.08. The molecule has 3 heteroatoms. The molecule has 0 saturated carbocycles. The Bertz CT molecular complexity index is 430. The first-order valence-corrected chi connectivity index (χ1v) is 7.52. The monoisotopic (exact) mass is 274 g/mol. The molecule has 1 aromatic carbocycles. The average molecular weight is 274 g/mol. The highest BCUT2D eigenvalue weighted by Crippen LogP contribution is 2.23. The van der Waals surface area contributed by atoms with Crippen LogP contribution in [0.4, 0.5) is 0 Å². The fourth-order valence-corrected chi connectivity index (χ4v) is 2.59. The molecule has 110 valence electrons. The van der Waals surface area contributed by atoms with Gasteiger partial charge in [-0.25, -0.2) is 0 Å². The van der Waals surface area contributed by atoms with Crippen LogP contribution >= 0.6 is 0 Å². The third kappa shape index (κ3) is 4.07. The summed E-state index contributed by atoms with van der Waals surface area (Å²) in [5.41, 5.74) is 1.33. The Balaban J connectivity index is 2.02. The van der Waals surface area contributed by atoms with Gasteiger partial charge in [-0.15, -0.1) is 0 Å². The number of nitrogens with one attached hydrogen (secondary N) is 2. The Morgan fingerprint density at radius 1 is 1.35 bits per heavy atom. The van der Waals surface area contributed by atoms with Gasteiger partial charge in [-0.1, -0.05) is 51.1 Å². The van der Waals surface area contributed by atoms with Gasteiger partial charge >= 0.3 is 0 Å². The molecule has 1 fully saturated rings. The molecule has 1 saturated heterocycles. The maximum absolute atomic E-state index is 12.3. The van der Waals surface area contributed by atoms with Gasteiger partial charge < -0.3 is 10.6 Å². The lowest BCUT2D eigenvalue weighted by Crippen LogP contribution is -2.47. The number of rotatable bonds is 4. The first-order valence-electron chi connectivity index (χ1n) is 7.52. The quantitative estimate of drug-likeness (QED) is 0.885. The van der Waals surface area contributed by atoms with Crippen LogP contribution in [0.3, 0.4) is 0 Å². The lowest BCUT2D eigenvalue weighted by atomic mass is 9.82. The fourth-order valence-electron chi connectivity index (χ4n) is 2.59. The summed E-state index contributed by atoms with van der Waals surface area (Å²) >= 11 is 0. The van der Waals surface area contributed by atoms with Crippen LogP contribution in [0.1, 0.15) is 32.8 Å². The third-order valence-electron chi connectivity index (χ3n) is 4.08. The molecular formula is C17H26N2O. The van der Waals surface area contributed by atoms with Gasteiger partial charge in [-0.2, -0.15) is 0 Å². The van der Waals surface area contributed by atoms with E-state index >= 15 is 0 Å². The molecule has 1 heterocycles. The Hall–Kier alpha value is -1.35. The van der Waals surface area contributed by atoms with E-state index in [0.717, 1.165) is 25.9 Å². The van der Waals surface area contributed by atoms with Gasteiger partial charge in [0.15, 0.2) is 0 Å². The van der Waals surface area contributed by atoms with E-state index in [1.807, 2.05) is 6.07 Å². The number of benzene rings is 1. The van der Waals surface area contributed by atoms with E-state index in [0.29, 0.717) is 0 Å². The second-order valence-electron chi connectivity index (χ2n) is 6.81. The molecule has 20 heavy (non-hydrogen) atoms. The highest BCUT2D eigenvalue weighted by molar-refractivity contribution is 5.79. The molecule has 0 radical (unpaired) electrons. The zero-order valence-corrected chi connectivity index (χ0v) is 12.8. The molecule has 1 amide bonds. The van der Waals surface area contributed by atoms with Crippen molar-refractivity contribution in [1.29, 1.82) is 0 Å². The van der Waals surface area contributed by atoms with Crippen LogP contribution in [0.5, 0.6) is 0 Å². The molecule has 1 aliphatic heterocycles. The van der Waals surface area contributed by atoms with Crippen molar-refractivity contribution in [2.24, 2.45) is 11.3 Å². The fraction of sp³-hybridized carbons (Fsp3) is 0.588. The van der Waals surface area contributed by atoms with Crippen LogP contribution in [-0.2, 0) is 11.2 Å². The molecule has 1 aromatic rings. The highest BCUT2D eigenvalue weighted by atomic mass is 16.2. The number of hydrogen-bond acceptors (Lipinski definition) is 2. The maximum atomic E-state index is 12.3. The number of carbonyl (C=O) groups excluding carboxylic acids is 1. The normalized spacial score (nSPS) is 20.6. The van der Waals surface area contributed by atoms with Gasteiger partial charge in [0.1, 0.15) is 0 Å². The van der Waals surface area contributed by atoms with Crippen LogP contribution in [0.2, 0.25) is 0 Å². The van der Waals surface area contributed by atoms with Crippen molar-refractivity contribution in [1.82, 2.24) is 10.6 Å². The Kier molecular flexibility index (Phi) is 4.81. The smallest absolute Gasteiger partial charge is 0.224 e. The predicted molar refractivity (Wildman–Crippen MR) is 82.5 cm³/mol. The summed E-state index contributed by atoms with van der Waals surface area (Å²) in [7, 11) is 0. The van der Waals surface area contributed by atoms with E-state index in [2.05, 4.69) is 55.7 Å². The topological polar surface area (TPSA) is 41.1 Å².